The van der Waals surface area contributed by atoms with Crippen LogP contribution in [0.25, 0.3) is 0 Å². The zero-order valence-corrected chi connectivity index (χ0v) is 15.5. The van der Waals surface area contributed by atoms with Gasteiger partial charge in [-0.1, -0.05) is 0 Å². The first-order valence-electron chi connectivity index (χ1n) is 9.10. The zero-order chi connectivity index (χ0) is 18.3. The molecule has 0 bridgehead atoms. The van der Waals surface area contributed by atoms with E-state index in [4.69, 9.17) is 28.4 Å². The number of fused-ring (bicyclic) bond motifs is 1. The molecule has 146 valence electrons. The molecule has 0 spiro atoms. The molecule has 2 rings (SSSR count). The fourth-order valence-electron chi connectivity index (χ4n) is 2.22. The van der Waals surface area contributed by atoms with Crippen LogP contribution < -0.4 is 9.47 Å². The Kier molecular flexibility index (Phi) is 10.7. The Morgan fingerprint density at radius 3 is 1.77 bits per heavy atom. The largest absolute Gasteiger partial charge is 0.487 e. The molecule has 0 amide bonds. The van der Waals surface area contributed by atoms with Crippen molar-refractivity contribution in [1.29, 1.82) is 0 Å². The Hall–Kier alpha value is -1.67. The fraction of sp³-hybridized carbons (Fsp3) is 0.632. The highest BCUT2D eigenvalue weighted by Crippen LogP contribution is 2.28. The number of ether oxygens (including phenoxy) is 6. The summed E-state index contributed by atoms with van der Waals surface area (Å²) in [6.07, 6.45) is 1.83. The van der Waals surface area contributed by atoms with Crippen molar-refractivity contribution in [3.63, 3.8) is 0 Å². The molecule has 0 unspecified atom stereocenters. The third kappa shape index (κ3) is 8.62. The van der Waals surface area contributed by atoms with Gasteiger partial charge in [0, 0.05) is 12.8 Å². The van der Waals surface area contributed by atoms with Crippen molar-refractivity contribution in [2.45, 2.75) is 6.92 Å². The highest BCUT2D eigenvalue weighted by molar-refractivity contribution is 5.80. The Balaban J connectivity index is 1.93. The second-order valence-electron chi connectivity index (χ2n) is 5.48. The second-order valence-corrected chi connectivity index (χ2v) is 5.48. The van der Waals surface area contributed by atoms with Crippen LogP contribution in [0.3, 0.4) is 0 Å². The van der Waals surface area contributed by atoms with Crippen molar-refractivity contribution < 1.29 is 28.4 Å². The molecule has 0 saturated heterocycles. The molecule has 1 aliphatic rings. The molecule has 1 aliphatic heterocycles. The van der Waals surface area contributed by atoms with Crippen LogP contribution in [0, 0.1) is 0 Å². The van der Waals surface area contributed by atoms with Crippen LogP contribution in [-0.2, 0) is 18.9 Å². The normalized spacial score (nSPS) is 19.0. The van der Waals surface area contributed by atoms with Gasteiger partial charge in [-0.05, 0) is 30.7 Å². The summed E-state index contributed by atoms with van der Waals surface area (Å²) in [5, 5.41) is 0. The SMILES string of the molecule is CCN=Cc1ccc2c(c1)OCCOCCOCCOCCOCCO2. The summed E-state index contributed by atoms with van der Waals surface area (Å²) in [5.74, 6) is 1.36. The molecule has 1 aromatic carbocycles. The summed E-state index contributed by atoms with van der Waals surface area (Å²) < 4.78 is 33.5. The minimum absolute atomic E-state index is 0.435. The van der Waals surface area contributed by atoms with Gasteiger partial charge < -0.3 is 28.4 Å². The van der Waals surface area contributed by atoms with Gasteiger partial charge in [-0.2, -0.15) is 0 Å². The number of benzene rings is 1. The van der Waals surface area contributed by atoms with Gasteiger partial charge in [-0.25, -0.2) is 0 Å². The number of hydrogen-bond acceptors (Lipinski definition) is 7. The minimum atomic E-state index is 0.435. The summed E-state index contributed by atoms with van der Waals surface area (Å²) in [5.41, 5.74) is 0.971. The van der Waals surface area contributed by atoms with E-state index >= 15 is 0 Å². The lowest BCUT2D eigenvalue weighted by atomic mass is 10.2. The fourth-order valence-corrected chi connectivity index (χ4v) is 2.22. The highest BCUT2D eigenvalue weighted by Gasteiger charge is 2.07. The van der Waals surface area contributed by atoms with Crippen LogP contribution in [0.15, 0.2) is 23.2 Å². The predicted molar refractivity (Wildman–Crippen MR) is 98.8 cm³/mol. The van der Waals surface area contributed by atoms with Gasteiger partial charge in [-0.3, -0.25) is 4.99 Å². The molecule has 0 aliphatic carbocycles. The standard InChI is InChI=1S/C19H29NO6/c1-2-20-16-17-3-4-18-19(15-17)26-14-12-24-10-8-22-6-5-21-7-9-23-11-13-25-18/h3-4,15-16H,2,5-14H2,1H3. The van der Waals surface area contributed by atoms with E-state index < -0.39 is 0 Å². The Bertz CT molecular complexity index is 523. The first-order valence-corrected chi connectivity index (χ1v) is 9.10. The molecule has 1 aromatic rings. The topological polar surface area (TPSA) is 67.7 Å². The van der Waals surface area contributed by atoms with Gasteiger partial charge in [0.15, 0.2) is 11.5 Å². The minimum Gasteiger partial charge on any atom is -0.487 e. The predicted octanol–water partition coefficient (Wildman–Crippen LogP) is 1.96. The van der Waals surface area contributed by atoms with Gasteiger partial charge in [0.25, 0.3) is 0 Å². The molecule has 0 atom stereocenters. The summed E-state index contributed by atoms with van der Waals surface area (Å²) >= 11 is 0. The van der Waals surface area contributed by atoms with Gasteiger partial charge >= 0.3 is 0 Å². The maximum absolute atomic E-state index is 5.84. The van der Waals surface area contributed by atoms with Gasteiger partial charge in [0.1, 0.15) is 13.2 Å². The molecule has 0 aromatic heterocycles. The molecule has 1 heterocycles. The highest BCUT2D eigenvalue weighted by atomic mass is 16.6. The lowest BCUT2D eigenvalue weighted by Gasteiger charge is -2.14. The van der Waals surface area contributed by atoms with E-state index in [0.717, 1.165) is 12.1 Å². The lowest BCUT2D eigenvalue weighted by molar-refractivity contribution is -0.00841. The van der Waals surface area contributed by atoms with Gasteiger partial charge in [0.2, 0.25) is 0 Å². The van der Waals surface area contributed by atoms with Crippen molar-refractivity contribution in [2.75, 3.05) is 72.6 Å². The smallest absolute Gasteiger partial charge is 0.161 e. The zero-order valence-electron chi connectivity index (χ0n) is 15.5. The molecule has 26 heavy (non-hydrogen) atoms. The van der Waals surface area contributed by atoms with Crippen LogP contribution in [0.1, 0.15) is 12.5 Å². The molecule has 7 nitrogen and oxygen atoms in total. The Morgan fingerprint density at radius 2 is 1.23 bits per heavy atom. The molecule has 7 heteroatoms. The molecule has 0 fully saturated rings. The third-order valence-corrected chi connectivity index (χ3v) is 3.48. The van der Waals surface area contributed by atoms with Crippen molar-refractivity contribution in [3.8, 4) is 11.5 Å². The van der Waals surface area contributed by atoms with Crippen molar-refractivity contribution in [1.82, 2.24) is 0 Å². The molecular formula is C19H29NO6. The van der Waals surface area contributed by atoms with E-state index in [1.54, 1.807) is 0 Å². The summed E-state index contributed by atoms with van der Waals surface area (Å²) in [7, 11) is 0. The maximum Gasteiger partial charge on any atom is 0.161 e. The van der Waals surface area contributed by atoms with Crippen LogP contribution in [0.5, 0.6) is 11.5 Å². The van der Waals surface area contributed by atoms with Crippen LogP contribution >= 0.6 is 0 Å². The lowest BCUT2D eigenvalue weighted by Crippen LogP contribution is -2.16. The van der Waals surface area contributed by atoms with Crippen molar-refractivity contribution >= 4 is 6.21 Å². The second kappa shape index (κ2) is 13.5. The van der Waals surface area contributed by atoms with E-state index in [2.05, 4.69) is 4.99 Å². The first-order chi connectivity index (χ1) is 12.9. The van der Waals surface area contributed by atoms with Gasteiger partial charge in [-0.15, -0.1) is 0 Å². The van der Waals surface area contributed by atoms with E-state index in [1.807, 2.05) is 31.3 Å². The van der Waals surface area contributed by atoms with E-state index in [1.165, 1.54) is 0 Å². The summed E-state index contributed by atoms with van der Waals surface area (Å²) in [4.78, 5) is 4.26. The number of aliphatic imine (C=N–C) groups is 1. The average molecular weight is 367 g/mol. The average Bonchev–Trinajstić information content (AvgIpc) is 2.66. The van der Waals surface area contributed by atoms with Crippen molar-refractivity contribution in [3.05, 3.63) is 23.8 Å². The third-order valence-electron chi connectivity index (χ3n) is 3.48. The molecule has 0 N–H and O–H groups in total. The quantitative estimate of drug-likeness (QED) is 0.745. The summed E-state index contributed by atoms with van der Waals surface area (Å²) in [6, 6.07) is 5.77. The molecule has 0 saturated carbocycles. The van der Waals surface area contributed by atoms with E-state index in [0.29, 0.717) is 77.6 Å². The van der Waals surface area contributed by atoms with E-state index in [9.17, 15) is 0 Å². The Morgan fingerprint density at radius 1 is 0.731 bits per heavy atom. The summed E-state index contributed by atoms with van der Waals surface area (Å²) in [6.45, 7) is 7.83. The van der Waals surface area contributed by atoms with Crippen LogP contribution in [0.2, 0.25) is 0 Å². The number of rotatable bonds is 2. The van der Waals surface area contributed by atoms with Crippen LogP contribution in [-0.4, -0.2) is 78.8 Å². The number of hydrogen-bond donors (Lipinski definition) is 0. The van der Waals surface area contributed by atoms with Crippen molar-refractivity contribution in [2.24, 2.45) is 4.99 Å². The number of nitrogens with zero attached hydrogens (tertiary/aromatic N) is 1. The van der Waals surface area contributed by atoms with E-state index in [-0.39, 0.29) is 0 Å². The monoisotopic (exact) mass is 367 g/mol. The molecule has 0 radical (unpaired) electrons. The first kappa shape index (κ1) is 20.6. The maximum atomic E-state index is 5.84. The van der Waals surface area contributed by atoms with Gasteiger partial charge in [0.05, 0.1) is 52.9 Å². The van der Waals surface area contributed by atoms with Crippen LogP contribution in [0.4, 0.5) is 0 Å². The molecular weight excluding hydrogens is 338 g/mol. The Labute approximate surface area is 155 Å².